The monoisotopic (exact) mass is 733 g/mol. The molecule has 2 aliphatic heterocycles. The molecular formula is C42H76O6Si2. The maximum Gasteiger partial charge on any atom is 0.250 e. The quantitative estimate of drug-likeness (QED) is 0.232. The van der Waals surface area contributed by atoms with Crippen molar-refractivity contribution < 1.29 is 28.2 Å². The van der Waals surface area contributed by atoms with Crippen molar-refractivity contribution in [1.82, 2.24) is 0 Å². The van der Waals surface area contributed by atoms with Gasteiger partial charge >= 0.3 is 0 Å². The Labute approximate surface area is 309 Å². The van der Waals surface area contributed by atoms with Gasteiger partial charge in [0.2, 0.25) is 0 Å². The summed E-state index contributed by atoms with van der Waals surface area (Å²) in [6.45, 7) is 36.6. The van der Waals surface area contributed by atoms with E-state index >= 15 is 0 Å². The van der Waals surface area contributed by atoms with Gasteiger partial charge in [0.15, 0.2) is 19.8 Å². The summed E-state index contributed by atoms with van der Waals surface area (Å²) in [4.78, 5) is 0. The molecule has 6 nitrogen and oxygen atoms in total. The fourth-order valence-electron chi connectivity index (χ4n) is 7.64. The summed E-state index contributed by atoms with van der Waals surface area (Å²) in [5, 5.41) is 12.1. The number of aliphatic hydroxyl groups is 1. The highest BCUT2D eigenvalue weighted by Gasteiger charge is 2.47. The molecule has 1 aromatic rings. The van der Waals surface area contributed by atoms with Crippen LogP contribution in [0.5, 0.6) is 17.2 Å². The number of aliphatic hydroxyl groups excluding tert-OH is 1. The standard InChI is InChI=1S/C42H76O6Si2/c1-26-19-20-34-30(5)35(47-49(15,16)41(7,8)9)25-36(46-34)37-32(24-33(43)29(4)23-28(3)22-27(2)21-26)38(44-13)31(6)39(45-14)40(37)48-50(17,18)42(10,11)12/h21,26,28-30,33-36,43H,19-20,22-25H2,1-18H3/b27-21-/t26-,28+,29-,30-,33?,34+,35+,36+/m0/s1. The molecule has 2 aliphatic rings. The Morgan fingerprint density at radius 1 is 0.780 bits per heavy atom. The second-order valence-electron chi connectivity index (χ2n) is 19.3. The molecule has 1 saturated heterocycles. The summed E-state index contributed by atoms with van der Waals surface area (Å²) in [6.07, 6.45) is 6.76. The number of ether oxygens (including phenoxy) is 3. The van der Waals surface area contributed by atoms with Gasteiger partial charge in [-0.2, -0.15) is 0 Å². The van der Waals surface area contributed by atoms with E-state index in [9.17, 15) is 5.11 Å². The maximum absolute atomic E-state index is 12.0. The fourth-order valence-corrected chi connectivity index (χ4v) is 10.1. The highest BCUT2D eigenvalue weighted by atomic mass is 28.4. The van der Waals surface area contributed by atoms with Crippen LogP contribution in [0.15, 0.2) is 11.6 Å². The minimum absolute atomic E-state index is 0.00205. The van der Waals surface area contributed by atoms with Crippen LogP contribution in [0.2, 0.25) is 36.3 Å². The third-order valence-corrected chi connectivity index (χ3v) is 21.7. The van der Waals surface area contributed by atoms with Crippen molar-refractivity contribution in [3.05, 3.63) is 28.3 Å². The first-order valence-corrected chi connectivity index (χ1v) is 25.3. The number of methoxy groups -OCH3 is 2. The molecule has 0 aromatic heterocycles. The van der Waals surface area contributed by atoms with E-state index < -0.39 is 22.7 Å². The predicted molar refractivity (Wildman–Crippen MR) is 215 cm³/mol. The van der Waals surface area contributed by atoms with Crippen molar-refractivity contribution >= 4 is 16.6 Å². The van der Waals surface area contributed by atoms with Gasteiger partial charge in [-0.1, -0.05) is 80.9 Å². The molecule has 0 radical (unpaired) electrons. The van der Waals surface area contributed by atoms with Crippen molar-refractivity contribution in [3.8, 4) is 17.2 Å². The average Bonchev–Trinajstić information content (AvgIpc) is 2.96. The summed E-state index contributed by atoms with van der Waals surface area (Å²) < 4.78 is 34.5. The third kappa shape index (κ3) is 9.80. The topological polar surface area (TPSA) is 66.4 Å². The molecular weight excluding hydrogens is 657 g/mol. The van der Waals surface area contributed by atoms with Crippen LogP contribution in [0.4, 0.5) is 0 Å². The number of fused-ring (bicyclic) bond motifs is 4. The maximum atomic E-state index is 12.0. The fraction of sp³-hybridized carbons (Fsp3) is 0.810. The van der Waals surface area contributed by atoms with E-state index in [1.54, 1.807) is 14.2 Å². The molecule has 288 valence electrons. The highest BCUT2D eigenvalue weighted by molar-refractivity contribution is 6.75. The minimum atomic E-state index is -2.36. The molecule has 1 aromatic carbocycles. The Hall–Kier alpha value is -1.33. The van der Waals surface area contributed by atoms with Gasteiger partial charge in [-0.25, -0.2) is 0 Å². The molecule has 0 aliphatic carbocycles. The number of allylic oxidation sites excluding steroid dienone is 2. The Balaban J connectivity index is 2.40. The molecule has 0 amide bonds. The lowest BCUT2D eigenvalue weighted by Crippen LogP contribution is -2.50. The van der Waals surface area contributed by atoms with Gasteiger partial charge in [0.1, 0.15) is 5.75 Å². The molecule has 0 saturated carbocycles. The van der Waals surface area contributed by atoms with Crippen LogP contribution in [-0.2, 0) is 15.6 Å². The molecule has 8 heteroatoms. The Morgan fingerprint density at radius 3 is 1.90 bits per heavy atom. The number of rotatable bonds is 6. The molecule has 1 fully saturated rings. The van der Waals surface area contributed by atoms with Crippen molar-refractivity contribution in [2.45, 2.75) is 182 Å². The van der Waals surface area contributed by atoms with Gasteiger partial charge in [-0.3, -0.25) is 0 Å². The minimum Gasteiger partial charge on any atom is -0.541 e. The molecule has 2 bridgehead atoms. The number of hydrogen-bond acceptors (Lipinski definition) is 6. The van der Waals surface area contributed by atoms with E-state index in [-0.39, 0.29) is 40.2 Å². The lowest BCUT2D eigenvalue weighted by atomic mass is 9.80. The van der Waals surface area contributed by atoms with Gasteiger partial charge < -0.3 is 28.2 Å². The molecule has 2 heterocycles. The zero-order chi connectivity index (χ0) is 38.1. The molecule has 0 spiro atoms. The van der Waals surface area contributed by atoms with Crippen LogP contribution < -0.4 is 13.9 Å². The van der Waals surface area contributed by atoms with Crippen LogP contribution in [-0.4, -0.2) is 54.3 Å². The Kier molecular flexibility index (Phi) is 14.1. The molecule has 1 N–H and O–H groups in total. The molecule has 1 unspecified atom stereocenters. The van der Waals surface area contributed by atoms with Crippen LogP contribution in [0.3, 0.4) is 0 Å². The third-order valence-electron chi connectivity index (χ3n) is 12.8. The summed E-state index contributed by atoms with van der Waals surface area (Å²) in [7, 11) is -1.01. The summed E-state index contributed by atoms with van der Waals surface area (Å²) in [5.41, 5.74) is 4.29. The van der Waals surface area contributed by atoms with Gasteiger partial charge in [0, 0.05) is 35.4 Å². The normalized spacial score (nSPS) is 30.6. The smallest absolute Gasteiger partial charge is 0.250 e. The lowest BCUT2D eigenvalue weighted by molar-refractivity contribution is -0.132. The zero-order valence-electron chi connectivity index (χ0n) is 35.4. The average molecular weight is 733 g/mol. The first kappa shape index (κ1) is 43.1. The first-order valence-electron chi connectivity index (χ1n) is 19.5. The van der Waals surface area contributed by atoms with Gasteiger partial charge in [0.05, 0.1) is 38.6 Å². The molecule has 8 atom stereocenters. The van der Waals surface area contributed by atoms with Crippen molar-refractivity contribution in [1.29, 1.82) is 0 Å². The van der Waals surface area contributed by atoms with Crippen molar-refractivity contribution in [3.63, 3.8) is 0 Å². The van der Waals surface area contributed by atoms with E-state index in [2.05, 4.69) is 115 Å². The van der Waals surface area contributed by atoms with E-state index in [4.69, 9.17) is 23.1 Å². The van der Waals surface area contributed by atoms with Gasteiger partial charge in [-0.05, 0) is 93.5 Å². The van der Waals surface area contributed by atoms with E-state index in [1.165, 1.54) is 5.57 Å². The second kappa shape index (κ2) is 16.4. The molecule has 3 rings (SSSR count). The van der Waals surface area contributed by atoms with Crippen LogP contribution in [0, 0.1) is 30.6 Å². The van der Waals surface area contributed by atoms with Crippen molar-refractivity contribution in [2.75, 3.05) is 14.2 Å². The van der Waals surface area contributed by atoms with Crippen molar-refractivity contribution in [2.24, 2.45) is 23.7 Å². The molecule has 50 heavy (non-hydrogen) atoms. The van der Waals surface area contributed by atoms with Crippen LogP contribution in [0.25, 0.3) is 0 Å². The summed E-state index contributed by atoms with van der Waals surface area (Å²) in [6, 6.07) is 0. The van der Waals surface area contributed by atoms with Crippen LogP contribution in [0.1, 0.15) is 131 Å². The number of hydrogen-bond donors (Lipinski definition) is 1. The number of benzene rings is 1. The van der Waals surface area contributed by atoms with Crippen LogP contribution >= 0.6 is 0 Å². The lowest BCUT2D eigenvalue weighted by Gasteiger charge is -2.47. The predicted octanol–water partition coefficient (Wildman–Crippen LogP) is 11.6. The first-order chi connectivity index (χ1) is 22.8. The zero-order valence-corrected chi connectivity index (χ0v) is 37.4. The summed E-state index contributed by atoms with van der Waals surface area (Å²) >= 11 is 0. The van der Waals surface area contributed by atoms with Gasteiger partial charge in [-0.15, -0.1) is 0 Å². The largest absolute Gasteiger partial charge is 0.541 e. The Morgan fingerprint density at radius 2 is 1.36 bits per heavy atom. The SMILES string of the molecule is COc1c(C)c(OC)c(O[Si](C)(C)C(C)(C)C)c2c1CC(O)[C@@H](C)C[C@H](C)C/C(C)=C\[C@@H](C)CC[C@H]1O[C@@H]2C[C@@H](O[Si](C)(C)C(C)(C)C)[C@H]1C. The van der Waals surface area contributed by atoms with E-state index in [0.29, 0.717) is 30.4 Å². The van der Waals surface area contributed by atoms with E-state index in [0.717, 1.165) is 53.9 Å². The second-order valence-corrected chi connectivity index (χ2v) is 28.8. The van der Waals surface area contributed by atoms with E-state index in [1.807, 2.05) is 0 Å². The Bertz CT molecular complexity index is 1320. The van der Waals surface area contributed by atoms with Gasteiger partial charge in [0.25, 0.3) is 8.32 Å². The summed E-state index contributed by atoms with van der Waals surface area (Å²) in [5.74, 6) is 3.47. The highest BCUT2D eigenvalue weighted by Crippen LogP contribution is 2.54.